The Bertz CT molecular complexity index is 1510. The summed E-state index contributed by atoms with van der Waals surface area (Å²) in [4.78, 5) is 28.0. The molecule has 10 nitrogen and oxygen atoms in total. The summed E-state index contributed by atoms with van der Waals surface area (Å²) in [5.74, 6) is 0.464. The lowest BCUT2D eigenvalue weighted by Crippen LogP contribution is -2.45. The van der Waals surface area contributed by atoms with Gasteiger partial charge >= 0.3 is 12.2 Å². The molecule has 0 aliphatic carbocycles. The number of hydrogen-bond donors (Lipinski definition) is 1. The van der Waals surface area contributed by atoms with Crippen molar-refractivity contribution in [2.24, 2.45) is 0 Å². The summed E-state index contributed by atoms with van der Waals surface area (Å²) in [6, 6.07) is 13.4. The Morgan fingerprint density at radius 1 is 0.957 bits per heavy atom. The summed E-state index contributed by atoms with van der Waals surface area (Å²) >= 11 is 12.6. The van der Waals surface area contributed by atoms with Gasteiger partial charge in [0.1, 0.15) is 23.6 Å². The van der Waals surface area contributed by atoms with Gasteiger partial charge in [-0.05, 0) is 89.5 Å². The second kappa shape index (κ2) is 15.3. The van der Waals surface area contributed by atoms with Crippen LogP contribution in [-0.2, 0) is 13.9 Å². The van der Waals surface area contributed by atoms with Crippen molar-refractivity contribution in [3.8, 4) is 5.75 Å². The van der Waals surface area contributed by atoms with E-state index in [4.69, 9.17) is 47.6 Å². The number of hydrogen-bond acceptors (Lipinski definition) is 8. The van der Waals surface area contributed by atoms with Gasteiger partial charge in [0.25, 0.3) is 0 Å². The normalized spacial score (nSPS) is 13.0. The van der Waals surface area contributed by atoms with E-state index in [0.717, 1.165) is 28.4 Å². The maximum absolute atomic E-state index is 13.6. The minimum atomic E-state index is -2.12. The predicted molar refractivity (Wildman–Crippen MR) is 187 cm³/mol. The zero-order chi connectivity index (χ0) is 34.4. The molecule has 254 valence electrons. The Hall–Kier alpha value is -2.99. The topological polar surface area (TPSA) is 118 Å². The molecule has 2 N–H and O–H groups in total. The fraction of sp³-hybridized carbons (Fsp3) is 0.545. The molecule has 1 heterocycles. The number of benzene rings is 2. The summed E-state index contributed by atoms with van der Waals surface area (Å²) in [5.41, 5.74) is 6.48. The van der Waals surface area contributed by atoms with Crippen molar-refractivity contribution in [3.63, 3.8) is 0 Å². The van der Waals surface area contributed by atoms with Crippen LogP contribution in [0.5, 0.6) is 5.75 Å². The third-order valence-corrected chi connectivity index (χ3v) is 12.8. The number of nitrogen functional groups attached to an aromatic ring is 1. The Morgan fingerprint density at radius 2 is 1.59 bits per heavy atom. The van der Waals surface area contributed by atoms with Crippen LogP contribution in [-0.4, -0.2) is 66.1 Å². The van der Waals surface area contributed by atoms with Gasteiger partial charge in [0.2, 0.25) is 0 Å². The smallest absolute Gasteiger partial charge is 0.435 e. The van der Waals surface area contributed by atoms with Gasteiger partial charge in [0.15, 0.2) is 13.5 Å². The first-order chi connectivity index (χ1) is 21.4. The fourth-order valence-corrected chi connectivity index (χ4v) is 8.09. The number of carbonyl (C=O) groups is 2. The number of rotatable bonds is 12. The second-order valence-electron chi connectivity index (χ2n) is 13.3. The van der Waals surface area contributed by atoms with E-state index in [9.17, 15) is 9.59 Å². The molecule has 3 rings (SSSR count). The summed E-state index contributed by atoms with van der Waals surface area (Å²) < 4.78 is 25.5. The molecule has 0 saturated heterocycles. The summed E-state index contributed by atoms with van der Waals surface area (Å²) in [7, 11) is -2.12. The van der Waals surface area contributed by atoms with Crippen LogP contribution in [0.3, 0.4) is 0 Å². The lowest BCUT2D eigenvalue weighted by Gasteiger charge is -2.36. The first-order valence-electron chi connectivity index (χ1n) is 15.7. The third kappa shape index (κ3) is 10.0. The second-order valence-corrected chi connectivity index (χ2v) is 18.8. The molecule has 1 amide bonds. The molecule has 3 aromatic rings. The lowest BCUT2D eigenvalue weighted by molar-refractivity contribution is 0.0131. The standard InChI is InChI=1S/C33H48Cl2N4O6Si/c1-10-46(11-2,12-3)45-28(22-13-16-25(34)26(36)19-22)21-38(30(40)43-32(4,5)6)17-18-42-23-14-15-24-27(20-23)39(37-29(24)35)31(41)44-33(7,8)9/h13-16,19-20,28H,10-12,17-18,21,36H2,1-9H3. The maximum Gasteiger partial charge on any atom is 0.435 e. The van der Waals surface area contributed by atoms with Gasteiger partial charge in [0.05, 0.1) is 35.4 Å². The molecule has 0 fully saturated rings. The van der Waals surface area contributed by atoms with Crippen molar-refractivity contribution in [2.75, 3.05) is 25.4 Å². The maximum atomic E-state index is 13.6. The van der Waals surface area contributed by atoms with Crippen molar-refractivity contribution in [2.45, 2.75) is 97.8 Å². The highest BCUT2D eigenvalue weighted by molar-refractivity contribution is 6.73. The molecule has 0 spiro atoms. The van der Waals surface area contributed by atoms with Crippen LogP contribution in [0.4, 0.5) is 15.3 Å². The van der Waals surface area contributed by atoms with Crippen LogP contribution in [0.1, 0.15) is 74.0 Å². The van der Waals surface area contributed by atoms with Crippen LogP contribution in [0.15, 0.2) is 36.4 Å². The quantitative estimate of drug-likeness (QED) is 0.147. The van der Waals surface area contributed by atoms with E-state index in [1.165, 1.54) is 0 Å². The molecule has 13 heteroatoms. The number of carbonyl (C=O) groups excluding carboxylic acids is 2. The zero-order valence-corrected chi connectivity index (χ0v) is 30.9. The molecular formula is C33H48Cl2N4O6Si. The van der Waals surface area contributed by atoms with E-state index >= 15 is 0 Å². The predicted octanol–water partition coefficient (Wildman–Crippen LogP) is 9.09. The Labute approximate surface area is 283 Å². The van der Waals surface area contributed by atoms with E-state index in [-0.39, 0.29) is 24.8 Å². The molecule has 0 aliphatic rings. The first kappa shape index (κ1) is 37.5. The van der Waals surface area contributed by atoms with Gasteiger partial charge < -0.3 is 29.3 Å². The molecular weight excluding hydrogens is 647 g/mol. The molecule has 0 bridgehead atoms. The van der Waals surface area contributed by atoms with Crippen LogP contribution in [0.2, 0.25) is 28.3 Å². The van der Waals surface area contributed by atoms with Gasteiger partial charge in [0, 0.05) is 11.5 Å². The highest BCUT2D eigenvalue weighted by Crippen LogP contribution is 2.33. The Balaban J connectivity index is 1.90. The van der Waals surface area contributed by atoms with Gasteiger partial charge in [-0.25, -0.2) is 9.59 Å². The number of ether oxygens (including phenoxy) is 3. The molecule has 2 aromatic carbocycles. The molecule has 1 aromatic heterocycles. The first-order valence-corrected chi connectivity index (χ1v) is 18.9. The summed E-state index contributed by atoms with van der Waals surface area (Å²) in [6.07, 6.45) is -1.61. The van der Waals surface area contributed by atoms with Crippen molar-refractivity contribution in [3.05, 3.63) is 52.1 Å². The number of nitrogens with zero attached hydrogens (tertiary/aromatic N) is 3. The molecule has 0 saturated carbocycles. The average Bonchev–Trinajstić information content (AvgIpc) is 3.30. The highest BCUT2D eigenvalue weighted by Gasteiger charge is 2.35. The van der Waals surface area contributed by atoms with Crippen LogP contribution < -0.4 is 10.5 Å². The van der Waals surface area contributed by atoms with Crippen molar-refractivity contribution >= 4 is 60.3 Å². The number of fused-ring (bicyclic) bond motifs is 1. The zero-order valence-electron chi connectivity index (χ0n) is 28.4. The van der Waals surface area contributed by atoms with Crippen molar-refractivity contribution in [1.82, 2.24) is 14.7 Å². The number of nitrogens with two attached hydrogens (primary N) is 1. The largest absolute Gasteiger partial charge is 0.492 e. The van der Waals surface area contributed by atoms with Gasteiger partial charge in [-0.15, -0.1) is 5.10 Å². The van der Waals surface area contributed by atoms with Crippen LogP contribution in [0.25, 0.3) is 10.9 Å². The number of halogens is 2. The molecule has 1 unspecified atom stereocenters. The Kier molecular flexibility index (Phi) is 12.4. The molecule has 1 atom stereocenters. The molecule has 46 heavy (non-hydrogen) atoms. The molecule has 0 aliphatic heterocycles. The third-order valence-electron chi connectivity index (χ3n) is 7.56. The average molecular weight is 696 g/mol. The van der Waals surface area contributed by atoms with E-state index in [2.05, 4.69) is 25.9 Å². The van der Waals surface area contributed by atoms with Gasteiger partial charge in [-0.2, -0.15) is 4.68 Å². The van der Waals surface area contributed by atoms with E-state index in [1.54, 1.807) is 49.9 Å². The number of aromatic nitrogens is 2. The van der Waals surface area contributed by atoms with E-state index in [0.29, 0.717) is 27.4 Å². The van der Waals surface area contributed by atoms with Crippen LogP contribution >= 0.6 is 23.2 Å². The van der Waals surface area contributed by atoms with Crippen LogP contribution in [0, 0.1) is 0 Å². The molecule has 0 radical (unpaired) electrons. The van der Waals surface area contributed by atoms with E-state index in [1.807, 2.05) is 32.9 Å². The van der Waals surface area contributed by atoms with Gasteiger partial charge in [-0.1, -0.05) is 50.0 Å². The summed E-state index contributed by atoms with van der Waals surface area (Å²) in [6.45, 7) is 17.8. The highest BCUT2D eigenvalue weighted by atomic mass is 35.5. The Morgan fingerprint density at radius 3 is 2.15 bits per heavy atom. The number of anilines is 1. The minimum absolute atomic E-state index is 0.131. The van der Waals surface area contributed by atoms with Gasteiger partial charge in [-0.3, -0.25) is 0 Å². The lowest BCUT2D eigenvalue weighted by atomic mass is 10.1. The fourth-order valence-electron chi connectivity index (χ4n) is 4.92. The van der Waals surface area contributed by atoms with Crippen molar-refractivity contribution in [1.29, 1.82) is 0 Å². The minimum Gasteiger partial charge on any atom is -0.492 e. The van der Waals surface area contributed by atoms with E-state index < -0.39 is 37.8 Å². The SMILES string of the molecule is CC[Si](CC)(CC)OC(CN(CCOc1ccc2c(Cl)nn(C(=O)OC(C)(C)C)c2c1)C(=O)OC(C)(C)C)c1ccc(Cl)c(N)c1. The summed E-state index contributed by atoms with van der Waals surface area (Å²) in [5, 5.41) is 5.36. The van der Waals surface area contributed by atoms with Crippen molar-refractivity contribution < 1.29 is 28.2 Å². The monoisotopic (exact) mass is 694 g/mol. The number of amides is 1.